The Morgan fingerprint density at radius 2 is 2.00 bits per heavy atom. The summed E-state index contributed by atoms with van der Waals surface area (Å²) >= 11 is 0. The number of hydrogen-bond donors (Lipinski definition) is 2. The molecular formula is C19H19NO5. The van der Waals surface area contributed by atoms with Crippen molar-refractivity contribution in [3.63, 3.8) is 0 Å². The van der Waals surface area contributed by atoms with Crippen LogP contribution in [-0.4, -0.2) is 30.7 Å². The fourth-order valence-electron chi connectivity index (χ4n) is 2.75. The van der Waals surface area contributed by atoms with Crippen LogP contribution in [0.1, 0.15) is 21.5 Å². The Morgan fingerprint density at radius 1 is 1.24 bits per heavy atom. The summed E-state index contributed by atoms with van der Waals surface area (Å²) in [5.41, 5.74) is 2.06. The zero-order chi connectivity index (χ0) is 17.8. The summed E-state index contributed by atoms with van der Waals surface area (Å²) < 4.78 is 10.9. The van der Waals surface area contributed by atoms with E-state index in [1.807, 2.05) is 18.2 Å². The molecule has 1 heterocycles. The smallest absolute Gasteiger partial charge is 0.335 e. The van der Waals surface area contributed by atoms with E-state index in [2.05, 4.69) is 5.32 Å². The minimum Gasteiger partial charge on any atom is -0.497 e. The molecule has 3 rings (SSSR count). The largest absolute Gasteiger partial charge is 0.497 e. The number of carboxylic acid groups (broad SMARTS) is 1. The zero-order valence-electron chi connectivity index (χ0n) is 13.8. The van der Waals surface area contributed by atoms with Crippen LogP contribution in [0.3, 0.4) is 0 Å². The van der Waals surface area contributed by atoms with Crippen LogP contribution in [0.15, 0.2) is 42.5 Å². The molecule has 0 saturated carbocycles. The number of rotatable bonds is 5. The molecule has 0 fully saturated rings. The quantitative estimate of drug-likeness (QED) is 0.871. The van der Waals surface area contributed by atoms with Crippen LogP contribution < -0.4 is 14.8 Å². The Labute approximate surface area is 145 Å². The van der Waals surface area contributed by atoms with E-state index in [1.54, 1.807) is 19.2 Å². The number of fused-ring (bicyclic) bond motifs is 1. The van der Waals surface area contributed by atoms with E-state index in [4.69, 9.17) is 14.6 Å². The van der Waals surface area contributed by atoms with Crippen molar-refractivity contribution in [3.8, 4) is 11.5 Å². The van der Waals surface area contributed by atoms with E-state index in [-0.39, 0.29) is 17.4 Å². The molecule has 1 aliphatic rings. The molecule has 6 heteroatoms. The van der Waals surface area contributed by atoms with Crippen LogP contribution in [0.5, 0.6) is 11.5 Å². The Morgan fingerprint density at radius 3 is 2.68 bits per heavy atom. The maximum absolute atomic E-state index is 12.4. The first-order valence-corrected chi connectivity index (χ1v) is 7.96. The zero-order valence-corrected chi connectivity index (χ0v) is 13.8. The Kier molecular flexibility index (Phi) is 4.88. The van der Waals surface area contributed by atoms with Gasteiger partial charge in [-0.25, -0.2) is 4.79 Å². The number of benzene rings is 2. The van der Waals surface area contributed by atoms with E-state index >= 15 is 0 Å². The third-order valence-electron chi connectivity index (χ3n) is 4.22. The molecule has 0 aromatic heterocycles. The number of methoxy groups -OCH3 is 1. The molecule has 130 valence electrons. The monoisotopic (exact) mass is 341 g/mol. The average Bonchev–Trinajstić information content (AvgIpc) is 2.65. The highest BCUT2D eigenvalue weighted by Crippen LogP contribution is 2.31. The van der Waals surface area contributed by atoms with E-state index < -0.39 is 5.97 Å². The van der Waals surface area contributed by atoms with Crippen molar-refractivity contribution in [2.45, 2.75) is 13.0 Å². The highest BCUT2D eigenvalue weighted by atomic mass is 16.5. The van der Waals surface area contributed by atoms with E-state index in [9.17, 15) is 9.59 Å². The van der Waals surface area contributed by atoms with Crippen LogP contribution in [0.2, 0.25) is 0 Å². The molecule has 0 radical (unpaired) electrons. The number of carboxylic acids is 1. The third-order valence-corrected chi connectivity index (χ3v) is 4.22. The maximum atomic E-state index is 12.4. The highest BCUT2D eigenvalue weighted by Gasteiger charge is 2.26. The summed E-state index contributed by atoms with van der Waals surface area (Å²) in [6, 6.07) is 12.0. The van der Waals surface area contributed by atoms with Crippen molar-refractivity contribution in [1.82, 2.24) is 5.32 Å². The minimum absolute atomic E-state index is 0.0798. The van der Waals surface area contributed by atoms with Crippen molar-refractivity contribution >= 4 is 11.9 Å². The summed E-state index contributed by atoms with van der Waals surface area (Å²) in [5.74, 6) is 0.187. The normalized spacial score (nSPS) is 15.6. The summed E-state index contributed by atoms with van der Waals surface area (Å²) in [6.45, 7) is 0.675. The molecule has 0 saturated heterocycles. The molecule has 0 aliphatic carbocycles. The van der Waals surface area contributed by atoms with Gasteiger partial charge in [-0.3, -0.25) is 4.79 Å². The molecule has 1 amide bonds. The number of ether oxygens (including phenoxy) is 2. The molecule has 0 spiro atoms. The van der Waals surface area contributed by atoms with Gasteiger partial charge in [-0.15, -0.1) is 0 Å². The van der Waals surface area contributed by atoms with Gasteiger partial charge in [0.05, 0.1) is 18.6 Å². The third kappa shape index (κ3) is 3.91. The van der Waals surface area contributed by atoms with Gasteiger partial charge in [0.15, 0.2) is 0 Å². The predicted octanol–water partition coefficient (Wildman–Crippen LogP) is 2.26. The SMILES string of the molecule is COc1ccc2c(c1)OCC(C(=O)NCc1ccc(C(=O)O)cc1)C2. The maximum Gasteiger partial charge on any atom is 0.335 e. The minimum atomic E-state index is -0.967. The molecule has 1 atom stereocenters. The van der Waals surface area contributed by atoms with E-state index in [0.717, 1.165) is 22.6 Å². The molecule has 2 aromatic carbocycles. The lowest BCUT2D eigenvalue weighted by molar-refractivity contribution is -0.126. The fourth-order valence-corrected chi connectivity index (χ4v) is 2.75. The van der Waals surface area contributed by atoms with Crippen LogP contribution in [0.25, 0.3) is 0 Å². The molecular weight excluding hydrogens is 322 g/mol. The van der Waals surface area contributed by atoms with Gasteiger partial charge in [-0.1, -0.05) is 18.2 Å². The van der Waals surface area contributed by atoms with E-state index in [1.165, 1.54) is 12.1 Å². The summed E-state index contributed by atoms with van der Waals surface area (Å²) in [5, 5.41) is 11.8. The fraction of sp³-hybridized carbons (Fsp3) is 0.263. The number of hydrogen-bond acceptors (Lipinski definition) is 4. The molecule has 2 aromatic rings. The average molecular weight is 341 g/mol. The molecule has 0 bridgehead atoms. The molecule has 1 unspecified atom stereocenters. The molecule has 25 heavy (non-hydrogen) atoms. The summed E-state index contributed by atoms with van der Waals surface area (Å²) in [7, 11) is 1.60. The van der Waals surface area contributed by atoms with Crippen molar-refractivity contribution in [3.05, 3.63) is 59.2 Å². The first-order chi connectivity index (χ1) is 12.1. The van der Waals surface area contributed by atoms with Crippen LogP contribution in [0.4, 0.5) is 0 Å². The Hall–Kier alpha value is -3.02. The second kappa shape index (κ2) is 7.25. The van der Waals surface area contributed by atoms with Crippen molar-refractivity contribution in [2.24, 2.45) is 5.92 Å². The van der Waals surface area contributed by atoms with Gasteiger partial charge < -0.3 is 19.9 Å². The van der Waals surface area contributed by atoms with Crippen molar-refractivity contribution < 1.29 is 24.2 Å². The van der Waals surface area contributed by atoms with Crippen LogP contribution >= 0.6 is 0 Å². The number of aromatic carboxylic acids is 1. The first-order valence-electron chi connectivity index (χ1n) is 7.96. The standard InChI is InChI=1S/C19H19NO5/c1-24-16-7-6-14-8-15(11-25-17(14)9-16)18(21)20-10-12-2-4-13(5-3-12)19(22)23/h2-7,9,15H,8,10-11H2,1H3,(H,20,21)(H,22,23). The van der Waals surface area contributed by atoms with Gasteiger partial charge in [0, 0.05) is 12.6 Å². The van der Waals surface area contributed by atoms with E-state index in [0.29, 0.717) is 19.6 Å². The first kappa shape index (κ1) is 16.8. The molecule has 1 aliphatic heterocycles. The van der Waals surface area contributed by atoms with Gasteiger partial charge in [-0.05, 0) is 35.7 Å². The predicted molar refractivity (Wildman–Crippen MR) is 90.9 cm³/mol. The number of nitrogens with one attached hydrogen (secondary N) is 1. The van der Waals surface area contributed by atoms with Crippen molar-refractivity contribution in [1.29, 1.82) is 0 Å². The van der Waals surface area contributed by atoms with Gasteiger partial charge in [0.1, 0.15) is 18.1 Å². The van der Waals surface area contributed by atoms with Gasteiger partial charge in [0.25, 0.3) is 0 Å². The van der Waals surface area contributed by atoms with Crippen LogP contribution in [0, 0.1) is 5.92 Å². The topological polar surface area (TPSA) is 84.9 Å². The molecule has 6 nitrogen and oxygen atoms in total. The lowest BCUT2D eigenvalue weighted by Crippen LogP contribution is -2.37. The summed E-state index contributed by atoms with van der Waals surface area (Å²) in [6.07, 6.45) is 0.614. The number of carbonyl (C=O) groups is 2. The van der Waals surface area contributed by atoms with Crippen molar-refractivity contribution in [2.75, 3.05) is 13.7 Å². The lowest BCUT2D eigenvalue weighted by Gasteiger charge is -2.25. The molecule has 2 N–H and O–H groups in total. The van der Waals surface area contributed by atoms with Gasteiger partial charge >= 0.3 is 5.97 Å². The summed E-state index contributed by atoms with van der Waals surface area (Å²) in [4.78, 5) is 23.2. The Balaban J connectivity index is 1.57. The Bertz CT molecular complexity index is 785. The van der Waals surface area contributed by atoms with Gasteiger partial charge in [0.2, 0.25) is 5.91 Å². The second-order valence-corrected chi connectivity index (χ2v) is 5.91. The highest BCUT2D eigenvalue weighted by molar-refractivity contribution is 5.87. The number of amides is 1. The lowest BCUT2D eigenvalue weighted by atomic mass is 9.96. The van der Waals surface area contributed by atoms with Crippen LogP contribution in [-0.2, 0) is 17.8 Å². The van der Waals surface area contributed by atoms with Gasteiger partial charge in [-0.2, -0.15) is 0 Å². The number of carbonyl (C=O) groups excluding carboxylic acids is 1. The second-order valence-electron chi connectivity index (χ2n) is 5.91.